The van der Waals surface area contributed by atoms with Crippen molar-refractivity contribution in [3.8, 4) is 0 Å². The monoisotopic (exact) mass is 231 g/mol. The Morgan fingerprint density at radius 3 is 2.25 bits per heavy atom. The van der Waals surface area contributed by atoms with E-state index in [9.17, 15) is 9.59 Å². The fraction of sp³-hybridized carbons (Fsp3) is 0.818. The molecule has 0 saturated heterocycles. The van der Waals surface area contributed by atoms with Crippen molar-refractivity contribution in [3.05, 3.63) is 0 Å². The number of aliphatic hydroxyl groups excluding tert-OH is 1. The SMILES string of the molecule is CCC(CO)N(CC(C)=O)CC(C)C(=O)O. The highest BCUT2D eigenvalue weighted by molar-refractivity contribution is 5.77. The summed E-state index contributed by atoms with van der Waals surface area (Å²) in [6.45, 7) is 5.38. The van der Waals surface area contributed by atoms with Crippen LogP contribution in [-0.2, 0) is 9.59 Å². The molecule has 0 aromatic rings. The lowest BCUT2D eigenvalue weighted by Gasteiger charge is -2.30. The molecule has 0 saturated carbocycles. The van der Waals surface area contributed by atoms with E-state index in [0.29, 0.717) is 6.42 Å². The number of hydrogen-bond donors (Lipinski definition) is 2. The lowest BCUT2D eigenvalue weighted by Crippen LogP contribution is -2.44. The van der Waals surface area contributed by atoms with Crippen LogP contribution in [0.2, 0.25) is 0 Å². The minimum atomic E-state index is -0.888. The van der Waals surface area contributed by atoms with Crippen molar-refractivity contribution in [1.82, 2.24) is 4.90 Å². The quantitative estimate of drug-likeness (QED) is 0.631. The summed E-state index contributed by atoms with van der Waals surface area (Å²) in [4.78, 5) is 23.6. The number of carbonyl (C=O) groups is 2. The molecule has 94 valence electrons. The van der Waals surface area contributed by atoms with Gasteiger partial charge in [0.25, 0.3) is 0 Å². The molecule has 0 rings (SSSR count). The van der Waals surface area contributed by atoms with E-state index in [2.05, 4.69) is 0 Å². The van der Waals surface area contributed by atoms with Crippen LogP contribution in [0.4, 0.5) is 0 Å². The number of carbonyl (C=O) groups excluding carboxylic acids is 1. The molecule has 0 fully saturated rings. The van der Waals surface area contributed by atoms with Crippen LogP contribution < -0.4 is 0 Å². The van der Waals surface area contributed by atoms with Crippen molar-refractivity contribution >= 4 is 11.8 Å². The second kappa shape index (κ2) is 7.35. The van der Waals surface area contributed by atoms with Gasteiger partial charge >= 0.3 is 5.97 Å². The predicted octanol–water partition coefficient (Wildman–Crippen LogP) is 0.369. The van der Waals surface area contributed by atoms with Gasteiger partial charge in [-0.2, -0.15) is 0 Å². The first kappa shape index (κ1) is 15.1. The molecule has 0 aliphatic rings. The van der Waals surface area contributed by atoms with Crippen LogP contribution in [0.15, 0.2) is 0 Å². The zero-order valence-electron chi connectivity index (χ0n) is 10.1. The van der Waals surface area contributed by atoms with Crippen LogP contribution >= 0.6 is 0 Å². The topological polar surface area (TPSA) is 77.8 Å². The summed E-state index contributed by atoms with van der Waals surface area (Å²) in [6.07, 6.45) is 0.691. The highest BCUT2D eigenvalue weighted by Crippen LogP contribution is 2.08. The lowest BCUT2D eigenvalue weighted by atomic mass is 10.1. The second-order valence-corrected chi connectivity index (χ2v) is 4.12. The molecular formula is C11H21NO4. The number of aliphatic carboxylic acids is 1. The van der Waals surface area contributed by atoms with Gasteiger partial charge in [-0.15, -0.1) is 0 Å². The normalized spacial score (nSPS) is 14.8. The zero-order chi connectivity index (χ0) is 12.7. The van der Waals surface area contributed by atoms with E-state index < -0.39 is 11.9 Å². The van der Waals surface area contributed by atoms with E-state index in [4.69, 9.17) is 10.2 Å². The molecule has 16 heavy (non-hydrogen) atoms. The van der Waals surface area contributed by atoms with Crippen molar-refractivity contribution < 1.29 is 19.8 Å². The first-order chi connectivity index (χ1) is 7.42. The van der Waals surface area contributed by atoms with E-state index >= 15 is 0 Å². The molecular weight excluding hydrogens is 210 g/mol. The van der Waals surface area contributed by atoms with Crippen LogP contribution in [0.1, 0.15) is 27.2 Å². The standard InChI is InChI=1S/C11H21NO4/c1-4-10(7-13)12(6-9(3)14)5-8(2)11(15)16/h8,10,13H,4-7H2,1-3H3,(H,15,16). The van der Waals surface area contributed by atoms with Gasteiger partial charge in [0.05, 0.1) is 19.1 Å². The molecule has 2 unspecified atom stereocenters. The maximum absolute atomic E-state index is 11.1. The number of aliphatic hydroxyl groups is 1. The third-order valence-corrected chi connectivity index (χ3v) is 2.55. The summed E-state index contributed by atoms with van der Waals surface area (Å²) < 4.78 is 0. The predicted molar refractivity (Wildman–Crippen MR) is 60.2 cm³/mol. The minimum Gasteiger partial charge on any atom is -0.481 e. The molecule has 0 radical (unpaired) electrons. The van der Waals surface area contributed by atoms with Gasteiger partial charge in [-0.1, -0.05) is 13.8 Å². The molecule has 0 aliphatic heterocycles. The molecule has 5 nitrogen and oxygen atoms in total. The fourth-order valence-corrected chi connectivity index (χ4v) is 1.56. The maximum atomic E-state index is 11.1. The Bertz CT molecular complexity index is 238. The highest BCUT2D eigenvalue weighted by Gasteiger charge is 2.22. The number of Topliss-reactive ketones (excluding diaryl/α,β-unsaturated/α-hetero) is 1. The van der Waals surface area contributed by atoms with Crippen molar-refractivity contribution in [2.24, 2.45) is 5.92 Å². The first-order valence-electron chi connectivity index (χ1n) is 5.49. The minimum absolute atomic E-state index is 0.0236. The smallest absolute Gasteiger partial charge is 0.307 e. The van der Waals surface area contributed by atoms with Crippen LogP contribution in [0.5, 0.6) is 0 Å². The van der Waals surface area contributed by atoms with Gasteiger partial charge in [-0.3, -0.25) is 14.5 Å². The van der Waals surface area contributed by atoms with Gasteiger partial charge < -0.3 is 10.2 Å². The molecule has 0 aliphatic carbocycles. The Morgan fingerprint density at radius 1 is 1.38 bits per heavy atom. The van der Waals surface area contributed by atoms with Gasteiger partial charge in [0.15, 0.2) is 0 Å². The second-order valence-electron chi connectivity index (χ2n) is 4.12. The van der Waals surface area contributed by atoms with E-state index in [1.165, 1.54) is 6.92 Å². The van der Waals surface area contributed by atoms with E-state index in [1.807, 2.05) is 6.92 Å². The summed E-state index contributed by atoms with van der Waals surface area (Å²) in [5.74, 6) is -1.45. The van der Waals surface area contributed by atoms with Gasteiger partial charge in [-0.05, 0) is 13.3 Å². The van der Waals surface area contributed by atoms with Gasteiger partial charge in [0, 0.05) is 12.6 Å². The molecule has 2 atom stereocenters. The molecule has 0 aromatic carbocycles. The Hall–Kier alpha value is -0.940. The summed E-state index contributed by atoms with van der Waals surface area (Å²) in [5.41, 5.74) is 0. The maximum Gasteiger partial charge on any atom is 0.307 e. The van der Waals surface area contributed by atoms with Gasteiger partial charge in [-0.25, -0.2) is 0 Å². The van der Waals surface area contributed by atoms with Crippen molar-refractivity contribution in [1.29, 1.82) is 0 Å². The fourth-order valence-electron chi connectivity index (χ4n) is 1.56. The summed E-state index contributed by atoms with van der Waals surface area (Å²) >= 11 is 0. The Labute approximate surface area is 96.1 Å². The van der Waals surface area contributed by atoms with Crippen molar-refractivity contribution in [2.75, 3.05) is 19.7 Å². The Kier molecular flexibility index (Phi) is 6.92. The van der Waals surface area contributed by atoms with Crippen molar-refractivity contribution in [3.63, 3.8) is 0 Å². The molecule has 0 aromatic heterocycles. The number of carboxylic acids is 1. The highest BCUT2D eigenvalue weighted by atomic mass is 16.4. The molecule has 2 N–H and O–H groups in total. The molecule has 0 amide bonds. The lowest BCUT2D eigenvalue weighted by molar-refractivity contribution is -0.142. The largest absolute Gasteiger partial charge is 0.481 e. The van der Waals surface area contributed by atoms with Crippen molar-refractivity contribution in [2.45, 2.75) is 33.2 Å². The number of carboxylic acid groups (broad SMARTS) is 1. The average Bonchev–Trinajstić information content (AvgIpc) is 2.18. The Balaban J connectivity index is 4.52. The van der Waals surface area contributed by atoms with Crippen LogP contribution in [0, 0.1) is 5.92 Å². The summed E-state index contributed by atoms with van der Waals surface area (Å²) in [7, 11) is 0. The number of hydrogen-bond acceptors (Lipinski definition) is 4. The van der Waals surface area contributed by atoms with Crippen LogP contribution in [0.25, 0.3) is 0 Å². The van der Waals surface area contributed by atoms with E-state index in [-0.39, 0.29) is 31.5 Å². The average molecular weight is 231 g/mol. The number of rotatable bonds is 8. The first-order valence-corrected chi connectivity index (χ1v) is 5.49. The zero-order valence-corrected chi connectivity index (χ0v) is 10.1. The summed E-state index contributed by atoms with van der Waals surface area (Å²) in [5, 5.41) is 18.0. The van der Waals surface area contributed by atoms with Crippen LogP contribution in [-0.4, -0.2) is 52.6 Å². The van der Waals surface area contributed by atoms with E-state index in [0.717, 1.165) is 0 Å². The Morgan fingerprint density at radius 2 is 1.94 bits per heavy atom. The molecule has 0 bridgehead atoms. The molecule has 5 heteroatoms. The van der Waals surface area contributed by atoms with E-state index in [1.54, 1.807) is 11.8 Å². The summed E-state index contributed by atoms with van der Waals surface area (Å²) in [6, 6.07) is -0.148. The molecule has 0 heterocycles. The third-order valence-electron chi connectivity index (χ3n) is 2.55. The molecule has 0 spiro atoms. The van der Waals surface area contributed by atoms with Crippen LogP contribution in [0.3, 0.4) is 0 Å². The number of ketones is 1. The van der Waals surface area contributed by atoms with Gasteiger partial charge in [0.1, 0.15) is 5.78 Å². The third kappa shape index (κ3) is 5.23. The van der Waals surface area contributed by atoms with Gasteiger partial charge in [0.2, 0.25) is 0 Å². The number of nitrogens with zero attached hydrogens (tertiary/aromatic N) is 1.